The molecule has 6 rings (SSSR count). The van der Waals surface area contributed by atoms with Gasteiger partial charge in [-0.25, -0.2) is 0 Å². The molecule has 9 atom stereocenters. The minimum Gasteiger partial charge on any atom is -0.460 e. The van der Waals surface area contributed by atoms with E-state index in [1.807, 2.05) is 43.3 Å². The van der Waals surface area contributed by atoms with Gasteiger partial charge in [0.1, 0.15) is 12.4 Å². The largest absolute Gasteiger partial charge is 0.460 e. The van der Waals surface area contributed by atoms with Gasteiger partial charge in [0.05, 0.1) is 17.4 Å². The highest BCUT2D eigenvalue weighted by atomic mass is 16.5. The Kier molecular flexibility index (Phi) is 6.82. The SMILES string of the molecule is C[C@]1(C(=O)OCc2ccccc2)CC[C@]2(C)CC[C@]3(C)C(=CC(=O)[C@@H]4[C@@]5(C)CCC(=O)[C@@](C)(CO)[C@@H]5CC[C@]43C)[C@@H]2C1. The number of aliphatic hydroxyl groups excluding tert-OH is 1. The lowest BCUT2D eigenvalue weighted by Crippen LogP contribution is -2.67. The molecule has 4 saturated carbocycles. The molecule has 228 valence electrons. The molecule has 1 aromatic rings. The summed E-state index contributed by atoms with van der Waals surface area (Å²) in [5.41, 5.74) is 0.217. The second-order valence-electron chi connectivity index (χ2n) is 16.3. The van der Waals surface area contributed by atoms with Crippen molar-refractivity contribution in [2.75, 3.05) is 6.61 Å². The molecule has 5 nitrogen and oxygen atoms in total. The Hall–Kier alpha value is -2.27. The average molecular weight is 575 g/mol. The van der Waals surface area contributed by atoms with Crippen molar-refractivity contribution >= 4 is 17.5 Å². The molecule has 0 aliphatic heterocycles. The van der Waals surface area contributed by atoms with E-state index in [2.05, 4.69) is 34.6 Å². The molecule has 0 heterocycles. The van der Waals surface area contributed by atoms with Crippen molar-refractivity contribution in [1.29, 1.82) is 0 Å². The number of Topliss-reactive ketones (excluding diaryl/α,β-unsaturated/α-hetero) is 1. The number of aliphatic hydroxyl groups is 1. The summed E-state index contributed by atoms with van der Waals surface area (Å²) in [5.74, 6) is 0.207. The maximum atomic E-state index is 14.5. The fourth-order valence-corrected chi connectivity index (χ4v) is 11.1. The lowest BCUT2D eigenvalue weighted by Gasteiger charge is -2.70. The molecule has 0 bridgehead atoms. The van der Waals surface area contributed by atoms with Gasteiger partial charge >= 0.3 is 5.97 Å². The Morgan fingerprint density at radius 2 is 1.62 bits per heavy atom. The predicted molar refractivity (Wildman–Crippen MR) is 162 cm³/mol. The molecule has 0 amide bonds. The molecule has 0 radical (unpaired) electrons. The first-order valence-corrected chi connectivity index (χ1v) is 16.3. The summed E-state index contributed by atoms with van der Waals surface area (Å²) in [6.45, 7) is 13.5. The Morgan fingerprint density at radius 3 is 2.31 bits per heavy atom. The second-order valence-corrected chi connectivity index (χ2v) is 16.3. The van der Waals surface area contributed by atoms with Gasteiger partial charge in [-0.1, -0.05) is 70.5 Å². The number of esters is 1. The summed E-state index contributed by atoms with van der Waals surface area (Å²) >= 11 is 0. The molecule has 5 heteroatoms. The lowest BCUT2D eigenvalue weighted by molar-refractivity contribution is -0.193. The quantitative estimate of drug-likeness (QED) is 0.383. The monoisotopic (exact) mass is 574 g/mol. The van der Waals surface area contributed by atoms with E-state index in [0.717, 1.165) is 44.1 Å². The van der Waals surface area contributed by atoms with Crippen LogP contribution in [0, 0.1) is 50.2 Å². The molecule has 42 heavy (non-hydrogen) atoms. The summed E-state index contributed by atoms with van der Waals surface area (Å²) in [4.78, 5) is 41.2. The van der Waals surface area contributed by atoms with Crippen LogP contribution < -0.4 is 0 Å². The topological polar surface area (TPSA) is 80.7 Å². The molecule has 0 spiro atoms. The Balaban J connectivity index is 1.34. The molecule has 4 fully saturated rings. The third kappa shape index (κ3) is 3.94. The maximum Gasteiger partial charge on any atom is 0.312 e. The Morgan fingerprint density at radius 1 is 0.929 bits per heavy atom. The standard InChI is InChI=1S/C37H50O5/c1-32-16-17-33(2,31(41)42-22-24-10-8-7-9-11-24)21-26(32)25-20-27(39)30-34(3)14-13-29(40)35(4,23-38)28(34)12-15-37(30,6)36(25,5)19-18-32/h7-11,20,26,28,30,38H,12-19,21-23H2,1-6H3/t26-,28+,30+,32+,33-,34-,35-,36+,37+/m0/s1. The van der Waals surface area contributed by atoms with E-state index in [4.69, 9.17) is 4.74 Å². The first-order chi connectivity index (χ1) is 19.7. The molecule has 0 saturated heterocycles. The molecule has 1 aromatic carbocycles. The number of hydrogen-bond acceptors (Lipinski definition) is 5. The van der Waals surface area contributed by atoms with Crippen LogP contribution in [0.5, 0.6) is 0 Å². The lowest BCUT2D eigenvalue weighted by atomic mass is 9.33. The van der Waals surface area contributed by atoms with Crippen LogP contribution >= 0.6 is 0 Å². The van der Waals surface area contributed by atoms with Crippen LogP contribution in [-0.2, 0) is 25.7 Å². The normalized spacial score (nSPS) is 46.5. The van der Waals surface area contributed by atoms with E-state index in [1.54, 1.807) is 0 Å². The first-order valence-electron chi connectivity index (χ1n) is 16.3. The third-order valence-corrected chi connectivity index (χ3v) is 14.2. The smallest absolute Gasteiger partial charge is 0.312 e. The molecule has 5 aliphatic carbocycles. The molecule has 1 N–H and O–H groups in total. The van der Waals surface area contributed by atoms with Gasteiger partial charge in [0.25, 0.3) is 0 Å². The highest BCUT2D eigenvalue weighted by Gasteiger charge is 2.70. The van der Waals surface area contributed by atoms with Crippen LogP contribution in [0.25, 0.3) is 0 Å². The second kappa shape index (κ2) is 9.61. The van der Waals surface area contributed by atoms with Gasteiger partial charge in [-0.05, 0) is 103 Å². The Labute approximate surface area is 251 Å². The number of fused-ring (bicyclic) bond motifs is 7. The van der Waals surface area contributed by atoms with E-state index >= 15 is 0 Å². The number of ether oxygens (including phenoxy) is 1. The molecular formula is C37H50O5. The van der Waals surface area contributed by atoms with E-state index in [-0.39, 0.29) is 70.2 Å². The summed E-state index contributed by atoms with van der Waals surface area (Å²) in [7, 11) is 0. The number of carbonyl (C=O) groups excluding carboxylic acids is 3. The number of allylic oxidation sites excluding steroid dienone is 2. The van der Waals surface area contributed by atoms with Gasteiger partial charge in [0.2, 0.25) is 0 Å². The molecule has 5 aliphatic rings. The minimum absolute atomic E-state index is 0.00281. The maximum absolute atomic E-state index is 14.5. The average Bonchev–Trinajstić information content (AvgIpc) is 2.96. The number of benzene rings is 1. The molecule has 0 aromatic heterocycles. The summed E-state index contributed by atoms with van der Waals surface area (Å²) in [6.07, 6.45) is 9.48. The fourth-order valence-electron chi connectivity index (χ4n) is 11.1. The van der Waals surface area contributed by atoms with Crippen LogP contribution in [0.15, 0.2) is 42.0 Å². The molecular weight excluding hydrogens is 524 g/mol. The number of rotatable bonds is 4. The zero-order valence-electron chi connectivity index (χ0n) is 26.6. The van der Waals surface area contributed by atoms with Gasteiger partial charge in [0.15, 0.2) is 5.78 Å². The van der Waals surface area contributed by atoms with E-state index in [9.17, 15) is 19.5 Å². The minimum atomic E-state index is -0.782. The fraction of sp³-hybridized carbons (Fsp3) is 0.703. The van der Waals surface area contributed by atoms with Gasteiger partial charge in [-0.2, -0.15) is 0 Å². The van der Waals surface area contributed by atoms with Crippen molar-refractivity contribution in [3.8, 4) is 0 Å². The van der Waals surface area contributed by atoms with Gasteiger partial charge in [0, 0.05) is 12.3 Å². The predicted octanol–water partition coefficient (Wildman–Crippen LogP) is 7.25. The number of carbonyl (C=O) groups is 3. The van der Waals surface area contributed by atoms with Crippen molar-refractivity contribution in [3.05, 3.63) is 47.5 Å². The van der Waals surface area contributed by atoms with E-state index in [0.29, 0.717) is 19.3 Å². The Bertz CT molecular complexity index is 1330. The third-order valence-electron chi connectivity index (χ3n) is 14.2. The zero-order chi connectivity index (χ0) is 30.3. The van der Waals surface area contributed by atoms with Crippen molar-refractivity contribution in [2.45, 2.75) is 106 Å². The van der Waals surface area contributed by atoms with Crippen LogP contribution in [0.1, 0.15) is 105 Å². The van der Waals surface area contributed by atoms with Crippen molar-refractivity contribution in [1.82, 2.24) is 0 Å². The zero-order valence-corrected chi connectivity index (χ0v) is 26.6. The van der Waals surface area contributed by atoms with Crippen molar-refractivity contribution < 1.29 is 24.2 Å². The highest BCUT2D eigenvalue weighted by Crippen LogP contribution is 2.74. The van der Waals surface area contributed by atoms with Gasteiger partial charge in [-0.15, -0.1) is 0 Å². The van der Waals surface area contributed by atoms with Crippen LogP contribution in [0.4, 0.5) is 0 Å². The van der Waals surface area contributed by atoms with Crippen molar-refractivity contribution in [3.63, 3.8) is 0 Å². The van der Waals surface area contributed by atoms with Crippen molar-refractivity contribution in [2.24, 2.45) is 50.2 Å². The number of hydrogen-bond donors (Lipinski definition) is 1. The summed E-state index contributed by atoms with van der Waals surface area (Å²) < 4.78 is 5.91. The van der Waals surface area contributed by atoms with E-state index in [1.165, 1.54) is 5.57 Å². The van der Waals surface area contributed by atoms with Gasteiger partial charge < -0.3 is 9.84 Å². The van der Waals surface area contributed by atoms with Gasteiger partial charge in [-0.3, -0.25) is 14.4 Å². The highest BCUT2D eigenvalue weighted by molar-refractivity contribution is 5.96. The van der Waals surface area contributed by atoms with Crippen LogP contribution in [0.3, 0.4) is 0 Å². The first kappa shape index (κ1) is 29.8. The van der Waals surface area contributed by atoms with Crippen LogP contribution in [0.2, 0.25) is 0 Å². The summed E-state index contributed by atoms with van der Waals surface area (Å²) in [5, 5.41) is 10.4. The molecule has 0 unspecified atom stereocenters. The van der Waals surface area contributed by atoms with E-state index < -0.39 is 10.8 Å². The van der Waals surface area contributed by atoms with Crippen LogP contribution in [-0.4, -0.2) is 29.2 Å². The summed E-state index contributed by atoms with van der Waals surface area (Å²) in [6, 6.07) is 9.85. The number of ketones is 2.